The second kappa shape index (κ2) is 7.07. The van der Waals surface area contributed by atoms with E-state index >= 15 is 0 Å². The molecule has 0 aliphatic heterocycles. The highest BCUT2D eigenvalue weighted by Crippen LogP contribution is 2.30. The topological polar surface area (TPSA) is 89.5 Å². The largest absolute Gasteiger partial charge is 0.454 e. The molecule has 0 aliphatic carbocycles. The van der Waals surface area contributed by atoms with Crippen molar-refractivity contribution in [2.24, 2.45) is 0 Å². The van der Waals surface area contributed by atoms with Crippen LogP contribution in [0.1, 0.15) is 25.8 Å². The summed E-state index contributed by atoms with van der Waals surface area (Å²) in [4.78, 5) is 19.2. The molecule has 0 bridgehead atoms. The number of hydrogen-bond donors (Lipinski definition) is 0. The second-order valence-corrected chi connectivity index (χ2v) is 4.90. The van der Waals surface area contributed by atoms with Crippen LogP contribution in [0, 0.1) is 31.9 Å². The van der Waals surface area contributed by atoms with Crippen LogP contribution < -0.4 is 5.12 Å². The van der Waals surface area contributed by atoms with E-state index in [1.165, 1.54) is 13.8 Å². The van der Waals surface area contributed by atoms with Gasteiger partial charge in [0.05, 0.1) is 9.85 Å². The number of nitro groups is 2. The predicted octanol–water partition coefficient (Wildman–Crippen LogP) is 3.35. The van der Waals surface area contributed by atoms with Gasteiger partial charge in [-0.1, -0.05) is 5.57 Å². The maximum atomic E-state index is 14.0. The van der Waals surface area contributed by atoms with E-state index in [9.17, 15) is 33.5 Å². The quantitative estimate of drug-likeness (QED) is 0.345. The van der Waals surface area contributed by atoms with Gasteiger partial charge < -0.3 is 0 Å². The Labute approximate surface area is 129 Å². The Balaban J connectivity index is 3.26. The third-order valence-corrected chi connectivity index (χ3v) is 3.41. The number of hydrogen-bond acceptors (Lipinski definition) is 5. The molecular formula is C13H14F3N3O4. The summed E-state index contributed by atoms with van der Waals surface area (Å²) in [7, 11) is 0.893. The van der Waals surface area contributed by atoms with Crippen LogP contribution in [-0.4, -0.2) is 23.1 Å². The summed E-state index contributed by atoms with van der Waals surface area (Å²) in [5.74, 6) is -2.75. The Bertz CT molecular complexity index is 663. The van der Waals surface area contributed by atoms with E-state index in [0.717, 1.165) is 19.2 Å². The van der Waals surface area contributed by atoms with Crippen LogP contribution in [0.4, 0.5) is 18.9 Å². The number of rotatable bonds is 6. The van der Waals surface area contributed by atoms with Gasteiger partial charge in [-0.2, -0.15) is 0 Å². The van der Waals surface area contributed by atoms with E-state index < -0.39 is 39.8 Å². The molecule has 0 unspecified atom stereocenters. The van der Waals surface area contributed by atoms with Gasteiger partial charge >= 0.3 is 6.17 Å². The highest BCUT2D eigenvalue weighted by atomic mass is 19.2. The minimum atomic E-state index is -2.07. The lowest BCUT2D eigenvalue weighted by molar-refractivity contribution is -0.741. The lowest BCUT2D eigenvalue weighted by Crippen LogP contribution is -2.29. The van der Waals surface area contributed by atoms with E-state index in [0.29, 0.717) is 0 Å². The average Bonchev–Trinajstić information content (AvgIpc) is 2.45. The number of nitrogens with zero attached hydrogens (tertiary/aromatic N) is 3. The normalized spacial score (nSPS) is 12.1. The summed E-state index contributed by atoms with van der Waals surface area (Å²) in [6.07, 6.45) is -2.63. The first kappa shape index (κ1) is 18.4. The molecule has 1 rings (SSSR count). The molecule has 1 aromatic carbocycles. The smallest absolute Gasteiger partial charge is 0.259 e. The molecule has 1 aromatic rings. The second-order valence-electron chi connectivity index (χ2n) is 4.90. The van der Waals surface area contributed by atoms with Crippen molar-refractivity contribution in [3.05, 3.63) is 55.1 Å². The van der Waals surface area contributed by atoms with Crippen molar-refractivity contribution in [2.75, 3.05) is 12.2 Å². The third kappa shape index (κ3) is 3.96. The van der Waals surface area contributed by atoms with Crippen LogP contribution in [0.5, 0.6) is 0 Å². The Morgan fingerprint density at radius 1 is 1.17 bits per heavy atom. The lowest BCUT2D eigenvalue weighted by atomic mass is 9.98. The van der Waals surface area contributed by atoms with Crippen LogP contribution >= 0.6 is 0 Å². The molecule has 0 atom stereocenters. The third-order valence-electron chi connectivity index (χ3n) is 3.41. The highest BCUT2D eigenvalue weighted by Gasteiger charge is 2.33. The first-order valence-electron chi connectivity index (χ1n) is 6.39. The molecule has 126 valence electrons. The SMILES string of the molecule is CC(CC([N+](=O)[O-])[N+](=O)[O-])=C(C)c1ccc(N(C)F)c(F)c1F. The maximum absolute atomic E-state index is 14.0. The fourth-order valence-electron chi connectivity index (χ4n) is 1.95. The van der Waals surface area contributed by atoms with Gasteiger partial charge in [-0.25, -0.2) is 13.9 Å². The molecule has 7 nitrogen and oxygen atoms in total. The van der Waals surface area contributed by atoms with Crippen molar-refractivity contribution in [3.8, 4) is 0 Å². The van der Waals surface area contributed by atoms with Gasteiger partial charge in [0.1, 0.15) is 12.1 Å². The zero-order valence-electron chi connectivity index (χ0n) is 12.5. The Morgan fingerprint density at radius 3 is 2.13 bits per heavy atom. The lowest BCUT2D eigenvalue weighted by Gasteiger charge is -2.13. The minimum Gasteiger partial charge on any atom is -0.259 e. The first-order valence-corrected chi connectivity index (χ1v) is 6.39. The van der Waals surface area contributed by atoms with Crippen LogP contribution in [0.25, 0.3) is 5.57 Å². The molecule has 10 heteroatoms. The van der Waals surface area contributed by atoms with Crippen molar-refractivity contribution in [3.63, 3.8) is 0 Å². The molecule has 0 saturated carbocycles. The first-order chi connectivity index (χ1) is 10.6. The van der Waals surface area contributed by atoms with Crippen LogP contribution in [0.3, 0.4) is 0 Å². The zero-order valence-corrected chi connectivity index (χ0v) is 12.5. The van der Waals surface area contributed by atoms with Gasteiger partial charge in [-0.3, -0.25) is 20.2 Å². The molecule has 0 radical (unpaired) electrons. The highest BCUT2D eigenvalue weighted by molar-refractivity contribution is 5.69. The summed E-state index contributed by atoms with van der Waals surface area (Å²) < 4.78 is 40.8. The zero-order chi connectivity index (χ0) is 17.9. The Morgan fingerprint density at radius 2 is 1.70 bits per heavy atom. The maximum Gasteiger partial charge on any atom is 0.454 e. The molecule has 0 N–H and O–H groups in total. The molecule has 0 aliphatic rings. The summed E-state index contributed by atoms with van der Waals surface area (Å²) in [6.45, 7) is 2.70. The van der Waals surface area contributed by atoms with Crippen LogP contribution in [-0.2, 0) is 0 Å². The van der Waals surface area contributed by atoms with Gasteiger partial charge in [0, 0.05) is 12.6 Å². The number of benzene rings is 1. The van der Waals surface area contributed by atoms with Gasteiger partial charge in [-0.15, -0.1) is 4.48 Å². The standard InChI is InChI=1S/C13H14F3N3O4/c1-7(6-11(18(20)21)19(22)23)8(2)9-4-5-10(17(3)16)13(15)12(9)14/h4-5,11H,6H2,1-3H3. The Kier molecular flexibility index (Phi) is 5.66. The van der Waals surface area contributed by atoms with E-state index in [2.05, 4.69) is 0 Å². The molecule has 0 aromatic heterocycles. The number of allylic oxidation sites excluding steroid dienone is 1. The van der Waals surface area contributed by atoms with Gasteiger partial charge in [0.15, 0.2) is 11.6 Å². The number of anilines is 1. The van der Waals surface area contributed by atoms with E-state index in [-0.39, 0.29) is 21.8 Å². The van der Waals surface area contributed by atoms with E-state index in [1.54, 1.807) is 0 Å². The summed E-state index contributed by atoms with van der Waals surface area (Å²) in [6, 6.07) is 2.11. The van der Waals surface area contributed by atoms with Crippen molar-refractivity contribution >= 4 is 11.3 Å². The van der Waals surface area contributed by atoms with Gasteiger partial charge in [-0.05, 0) is 31.6 Å². The summed E-state index contributed by atoms with van der Waals surface area (Å²) in [5.41, 5.74) is -0.576. The van der Waals surface area contributed by atoms with Crippen molar-refractivity contribution in [1.29, 1.82) is 0 Å². The molecule has 0 saturated heterocycles. The molecule has 0 fully saturated rings. The van der Waals surface area contributed by atoms with Gasteiger partial charge in [0.2, 0.25) is 0 Å². The molecule has 0 amide bonds. The fourth-order valence-corrected chi connectivity index (χ4v) is 1.95. The molecule has 0 spiro atoms. The predicted molar refractivity (Wildman–Crippen MR) is 76.5 cm³/mol. The van der Waals surface area contributed by atoms with Crippen LogP contribution in [0.15, 0.2) is 17.7 Å². The van der Waals surface area contributed by atoms with Crippen molar-refractivity contribution in [1.82, 2.24) is 0 Å². The molecule has 0 heterocycles. The average molecular weight is 333 g/mol. The Hall–Kier alpha value is -2.65. The van der Waals surface area contributed by atoms with E-state index in [1.807, 2.05) is 0 Å². The van der Waals surface area contributed by atoms with Gasteiger partial charge in [0.25, 0.3) is 0 Å². The molecular weight excluding hydrogens is 319 g/mol. The van der Waals surface area contributed by atoms with Crippen LogP contribution in [0.2, 0.25) is 0 Å². The van der Waals surface area contributed by atoms with Crippen molar-refractivity contribution in [2.45, 2.75) is 26.4 Å². The monoisotopic (exact) mass is 333 g/mol. The summed E-state index contributed by atoms with van der Waals surface area (Å²) >= 11 is 0. The summed E-state index contributed by atoms with van der Waals surface area (Å²) in [5, 5.41) is 21.2. The molecule has 23 heavy (non-hydrogen) atoms. The van der Waals surface area contributed by atoms with E-state index in [4.69, 9.17) is 0 Å². The fraction of sp³-hybridized carbons (Fsp3) is 0.385. The number of halogens is 3. The van der Waals surface area contributed by atoms with Crippen molar-refractivity contribution < 1.29 is 23.1 Å². The minimum absolute atomic E-state index is 0.0936.